The number of hydrogen-bond acceptors (Lipinski definition) is 7. The second-order valence-electron chi connectivity index (χ2n) is 7.06. The Kier molecular flexibility index (Phi) is 8.45. The lowest BCUT2D eigenvalue weighted by Crippen LogP contribution is -2.44. The number of carbonyl (C=O) groups is 3. The summed E-state index contributed by atoms with van der Waals surface area (Å²) in [7, 11) is 2.69. The van der Waals surface area contributed by atoms with Gasteiger partial charge in [0.15, 0.2) is 0 Å². The van der Waals surface area contributed by atoms with E-state index in [1.807, 2.05) is 0 Å². The lowest BCUT2D eigenvalue weighted by Gasteiger charge is -2.31. The first kappa shape index (κ1) is 25.4. The van der Waals surface area contributed by atoms with Gasteiger partial charge < -0.3 is 20.1 Å². The maximum Gasteiger partial charge on any atom is 0.319 e. The van der Waals surface area contributed by atoms with Crippen molar-refractivity contribution in [3.8, 4) is 11.8 Å². The van der Waals surface area contributed by atoms with E-state index in [-0.39, 0.29) is 21.4 Å². The Morgan fingerprint density at radius 1 is 1.18 bits per heavy atom. The summed E-state index contributed by atoms with van der Waals surface area (Å²) in [6.45, 7) is 0. The van der Waals surface area contributed by atoms with Gasteiger partial charge in [-0.25, -0.2) is 0 Å². The minimum Gasteiger partial charge on any atom is -0.497 e. The van der Waals surface area contributed by atoms with Crippen LogP contribution in [-0.2, 0) is 19.1 Å². The maximum absolute atomic E-state index is 12.9. The molecule has 2 atom stereocenters. The van der Waals surface area contributed by atoms with Gasteiger partial charge >= 0.3 is 5.97 Å². The van der Waals surface area contributed by atoms with Crippen LogP contribution >= 0.6 is 35.0 Å². The zero-order chi connectivity index (χ0) is 24.8. The Morgan fingerprint density at radius 2 is 1.88 bits per heavy atom. The third-order valence-electron chi connectivity index (χ3n) is 5.01. The van der Waals surface area contributed by atoms with Gasteiger partial charge in [0.1, 0.15) is 11.7 Å². The number of amides is 2. The predicted octanol–water partition coefficient (Wildman–Crippen LogP) is 4.11. The Hall–Kier alpha value is -3.19. The van der Waals surface area contributed by atoms with Gasteiger partial charge in [-0.05, 0) is 35.9 Å². The van der Waals surface area contributed by atoms with Crippen LogP contribution in [0.2, 0.25) is 10.0 Å². The Balaban J connectivity index is 1.89. The summed E-state index contributed by atoms with van der Waals surface area (Å²) < 4.78 is 9.98. The van der Waals surface area contributed by atoms with Crippen molar-refractivity contribution >= 4 is 58.4 Å². The van der Waals surface area contributed by atoms with Crippen LogP contribution in [-0.4, -0.2) is 37.8 Å². The second kappa shape index (κ2) is 11.3. The van der Waals surface area contributed by atoms with E-state index in [1.54, 1.807) is 36.4 Å². The van der Waals surface area contributed by atoms with Crippen molar-refractivity contribution in [3.05, 3.63) is 68.7 Å². The average molecular weight is 520 g/mol. The Bertz CT molecular complexity index is 1190. The molecule has 8 nitrogen and oxygen atoms in total. The van der Waals surface area contributed by atoms with E-state index in [2.05, 4.69) is 16.7 Å². The molecule has 1 aliphatic rings. The number of anilines is 1. The van der Waals surface area contributed by atoms with E-state index < -0.39 is 29.6 Å². The van der Waals surface area contributed by atoms with Crippen LogP contribution in [0.1, 0.15) is 11.5 Å². The number of esters is 1. The van der Waals surface area contributed by atoms with Crippen LogP contribution in [0.4, 0.5) is 5.69 Å². The maximum atomic E-state index is 12.9. The summed E-state index contributed by atoms with van der Waals surface area (Å²) in [6.07, 6.45) is 0. The van der Waals surface area contributed by atoms with E-state index in [9.17, 15) is 19.6 Å². The molecule has 2 N–H and O–H groups in total. The Labute approximate surface area is 210 Å². The fourth-order valence-corrected chi connectivity index (χ4v) is 4.71. The number of halogens is 2. The number of nitriles is 1. The zero-order valence-corrected chi connectivity index (χ0v) is 20.4. The minimum atomic E-state index is -1.26. The highest BCUT2D eigenvalue weighted by atomic mass is 35.5. The topological polar surface area (TPSA) is 118 Å². The lowest BCUT2D eigenvalue weighted by atomic mass is 9.78. The molecule has 0 radical (unpaired) electrons. The first-order chi connectivity index (χ1) is 16.3. The highest BCUT2D eigenvalue weighted by Gasteiger charge is 2.44. The van der Waals surface area contributed by atoms with Gasteiger partial charge in [0, 0.05) is 10.9 Å². The van der Waals surface area contributed by atoms with E-state index in [0.717, 1.165) is 11.8 Å². The SMILES string of the molecule is COC(=O)[C@@H]1C(=O)NC(SCC(=O)Nc2ccc(Cl)cc2Cl)=C(C#N)[C@@H]1c1ccc(OC)cc1. The zero-order valence-electron chi connectivity index (χ0n) is 18.1. The molecule has 0 fully saturated rings. The van der Waals surface area contributed by atoms with Crippen molar-refractivity contribution in [1.82, 2.24) is 5.32 Å². The van der Waals surface area contributed by atoms with E-state index in [1.165, 1.54) is 20.3 Å². The molecular formula is C23H19Cl2N3O5S. The van der Waals surface area contributed by atoms with Crippen LogP contribution in [0.5, 0.6) is 5.75 Å². The number of nitrogens with zero attached hydrogens (tertiary/aromatic N) is 1. The molecule has 0 saturated carbocycles. The second-order valence-corrected chi connectivity index (χ2v) is 8.89. The molecule has 3 rings (SSSR count). The quantitative estimate of drug-likeness (QED) is 0.417. The number of allylic oxidation sites excluding steroid dienone is 1. The molecule has 1 heterocycles. The van der Waals surface area contributed by atoms with Crippen LogP contribution in [0.25, 0.3) is 0 Å². The van der Waals surface area contributed by atoms with Gasteiger partial charge in [-0.2, -0.15) is 5.26 Å². The molecule has 0 bridgehead atoms. The largest absolute Gasteiger partial charge is 0.497 e. The first-order valence-corrected chi connectivity index (χ1v) is 11.6. The summed E-state index contributed by atoms with van der Waals surface area (Å²) in [5.74, 6) is -3.52. The van der Waals surface area contributed by atoms with Crippen molar-refractivity contribution in [3.63, 3.8) is 0 Å². The molecule has 11 heteroatoms. The molecule has 34 heavy (non-hydrogen) atoms. The summed E-state index contributed by atoms with van der Waals surface area (Å²) in [5.41, 5.74) is 1.07. The van der Waals surface area contributed by atoms with Crippen LogP contribution < -0.4 is 15.4 Å². The Morgan fingerprint density at radius 3 is 2.47 bits per heavy atom. The number of nitrogens with one attached hydrogen (secondary N) is 2. The average Bonchev–Trinajstić information content (AvgIpc) is 2.83. The van der Waals surface area contributed by atoms with E-state index in [0.29, 0.717) is 22.0 Å². The van der Waals surface area contributed by atoms with Crippen molar-refractivity contribution in [2.24, 2.45) is 5.92 Å². The third-order valence-corrected chi connectivity index (χ3v) is 6.58. The monoisotopic (exact) mass is 519 g/mol. The summed E-state index contributed by atoms with van der Waals surface area (Å²) in [6, 6.07) is 13.4. The molecule has 0 aromatic heterocycles. The smallest absolute Gasteiger partial charge is 0.319 e. The van der Waals surface area contributed by atoms with Crippen molar-refractivity contribution in [2.75, 3.05) is 25.3 Å². The van der Waals surface area contributed by atoms with Gasteiger partial charge in [-0.3, -0.25) is 14.4 Å². The predicted molar refractivity (Wildman–Crippen MR) is 130 cm³/mol. The van der Waals surface area contributed by atoms with E-state index in [4.69, 9.17) is 32.7 Å². The van der Waals surface area contributed by atoms with Crippen molar-refractivity contribution in [1.29, 1.82) is 5.26 Å². The fourth-order valence-electron chi connectivity index (χ4n) is 3.41. The third kappa shape index (κ3) is 5.65. The standard InChI is InChI=1S/C23H19Cl2N3O5S/c1-32-14-6-3-12(4-7-14)19-15(10-26)22(28-21(30)20(19)23(31)33-2)34-11-18(29)27-17-8-5-13(24)9-16(17)25/h3-9,19-20H,11H2,1-2H3,(H,27,29)(H,28,30)/t19-,20-/m0/s1. The highest BCUT2D eigenvalue weighted by Crippen LogP contribution is 2.40. The minimum absolute atomic E-state index is 0.127. The summed E-state index contributed by atoms with van der Waals surface area (Å²) >= 11 is 12.9. The molecule has 0 saturated heterocycles. The summed E-state index contributed by atoms with van der Waals surface area (Å²) in [4.78, 5) is 37.8. The van der Waals surface area contributed by atoms with Gasteiger partial charge in [0.25, 0.3) is 0 Å². The van der Waals surface area contributed by atoms with Gasteiger partial charge in [0.05, 0.1) is 47.4 Å². The lowest BCUT2D eigenvalue weighted by molar-refractivity contribution is -0.150. The molecule has 2 aromatic rings. The van der Waals surface area contributed by atoms with E-state index >= 15 is 0 Å². The number of hydrogen-bond donors (Lipinski definition) is 2. The normalized spacial score (nSPS) is 17.4. The number of thioether (sulfide) groups is 1. The van der Waals surface area contributed by atoms with Gasteiger partial charge in [-0.15, -0.1) is 0 Å². The molecule has 0 spiro atoms. The van der Waals surface area contributed by atoms with Crippen molar-refractivity contribution < 1.29 is 23.9 Å². The number of rotatable bonds is 7. The van der Waals surface area contributed by atoms with Crippen molar-refractivity contribution in [2.45, 2.75) is 5.92 Å². The highest BCUT2D eigenvalue weighted by molar-refractivity contribution is 8.03. The van der Waals surface area contributed by atoms with Crippen LogP contribution in [0.15, 0.2) is 53.1 Å². The molecule has 2 aromatic carbocycles. The van der Waals surface area contributed by atoms with Gasteiger partial charge in [0.2, 0.25) is 11.8 Å². The molecular weight excluding hydrogens is 501 g/mol. The van der Waals surface area contributed by atoms with Crippen LogP contribution in [0.3, 0.4) is 0 Å². The molecule has 0 aliphatic carbocycles. The number of ether oxygens (including phenoxy) is 2. The number of methoxy groups -OCH3 is 2. The van der Waals surface area contributed by atoms with Crippen LogP contribution in [0, 0.1) is 17.2 Å². The summed E-state index contributed by atoms with van der Waals surface area (Å²) in [5, 5.41) is 16.1. The molecule has 176 valence electrons. The fraction of sp³-hybridized carbons (Fsp3) is 0.217. The number of carbonyl (C=O) groups excluding carboxylic acids is 3. The van der Waals surface area contributed by atoms with Gasteiger partial charge in [-0.1, -0.05) is 47.1 Å². The first-order valence-electron chi connectivity index (χ1n) is 9.83. The molecule has 2 amide bonds. The molecule has 1 aliphatic heterocycles. The number of benzene rings is 2. The molecule has 0 unspecified atom stereocenters.